The van der Waals surface area contributed by atoms with Gasteiger partial charge in [0.05, 0.1) is 18.5 Å². The Morgan fingerprint density at radius 2 is 2.00 bits per heavy atom. The molecule has 0 aliphatic carbocycles. The van der Waals surface area contributed by atoms with Gasteiger partial charge in [0.2, 0.25) is 5.91 Å². The number of nitrogens with zero attached hydrogens (tertiary/aromatic N) is 3. The Morgan fingerprint density at radius 3 is 2.67 bits per heavy atom. The topological polar surface area (TPSA) is 110 Å². The second-order valence-corrected chi connectivity index (χ2v) is 6.55. The summed E-state index contributed by atoms with van der Waals surface area (Å²) in [4.78, 5) is 37.5. The largest absolute Gasteiger partial charge is 0.416 e. The summed E-state index contributed by atoms with van der Waals surface area (Å²) in [6.07, 6.45) is -3.44. The van der Waals surface area contributed by atoms with Crippen molar-refractivity contribution in [1.29, 1.82) is 0 Å². The lowest BCUT2D eigenvalue weighted by Crippen LogP contribution is -2.45. The number of rotatable bonds is 5. The highest BCUT2D eigenvalue weighted by Gasteiger charge is 2.32. The first-order chi connectivity index (χ1) is 14.1. The zero-order valence-electron chi connectivity index (χ0n) is 15.9. The van der Waals surface area contributed by atoms with Gasteiger partial charge >= 0.3 is 6.18 Å². The molecule has 3 N–H and O–H groups in total. The van der Waals surface area contributed by atoms with Gasteiger partial charge < -0.3 is 11.1 Å². The molecule has 0 radical (unpaired) electrons. The lowest BCUT2D eigenvalue weighted by molar-refractivity contribution is -0.138. The average Bonchev–Trinajstić information content (AvgIpc) is 3.13. The number of hydrogen-bond acceptors (Lipinski definition) is 5. The number of allylic oxidation sites excluding steroid dienone is 1. The van der Waals surface area contributed by atoms with Crippen LogP contribution in [0.2, 0.25) is 0 Å². The molecule has 2 heterocycles. The van der Waals surface area contributed by atoms with Gasteiger partial charge in [-0.3, -0.25) is 24.0 Å². The van der Waals surface area contributed by atoms with E-state index in [1.165, 1.54) is 34.0 Å². The van der Waals surface area contributed by atoms with Crippen LogP contribution in [0.25, 0.3) is 0 Å². The Hall–Kier alpha value is -3.63. The number of ketones is 1. The third-order valence-corrected chi connectivity index (χ3v) is 4.47. The average molecular weight is 421 g/mol. The normalized spacial score (nSPS) is 15.0. The van der Waals surface area contributed by atoms with Gasteiger partial charge in [0.25, 0.3) is 5.91 Å². The van der Waals surface area contributed by atoms with Crippen LogP contribution >= 0.6 is 0 Å². The van der Waals surface area contributed by atoms with Crippen molar-refractivity contribution < 1.29 is 27.6 Å². The number of amides is 2. The Kier molecular flexibility index (Phi) is 5.63. The minimum atomic E-state index is -4.46. The Labute approximate surface area is 169 Å². The molecule has 1 aliphatic rings. The summed E-state index contributed by atoms with van der Waals surface area (Å²) in [6.45, 7) is 1.93. The smallest absolute Gasteiger partial charge is 0.383 e. The number of carbonyl (C=O) groups excluding carboxylic acids is 3. The van der Waals surface area contributed by atoms with Gasteiger partial charge in [0, 0.05) is 12.7 Å². The van der Waals surface area contributed by atoms with Crippen molar-refractivity contribution in [2.24, 2.45) is 5.73 Å². The predicted octanol–water partition coefficient (Wildman–Crippen LogP) is 1.63. The molecule has 0 fully saturated rings. The van der Waals surface area contributed by atoms with Gasteiger partial charge in [0.15, 0.2) is 11.5 Å². The summed E-state index contributed by atoms with van der Waals surface area (Å²) in [5, 5.41) is 6.41. The number of aromatic nitrogens is 2. The molecule has 0 spiro atoms. The van der Waals surface area contributed by atoms with E-state index in [0.717, 1.165) is 12.1 Å². The van der Waals surface area contributed by atoms with Crippen LogP contribution in [0.4, 0.5) is 13.2 Å². The van der Waals surface area contributed by atoms with E-state index < -0.39 is 35.8 Å². The maximum absolute atomic E-state index is 12.8. The maximum atomic E-state index is 12.8. The summed E-state index contributed by atoms with van der Waals surface area (Å²) in [7, 11) is 0. The van der Waals surface area contributed by atoms with E-state index in [4.69, 9.17) is 5.73 Å². The lowest BCUT2D eigenvalue weighted by atomic mass is 10.1. The van der Waals surface area contributed by atoms with Gasteiger partial charge in [0.1, 0.15) is 11.5 Å². The van der Waals surface area contributed by atoms with Gasteiger partial charge in [-0.05, 0) is 30.7 Å². The molecule has 8 nitrogen and oxygen atoms in total. The molecule has 158 valence electrons. The third-order valence-electron chi connectivity index (χ3n) is 4.47. The molecule has 1 aliphatic heterocycles. The molecular weight excluding hydrogens is 403 g/mol. The second kappa shape index (κ2) is 8.01. The molecule has 0 unspecified atom stereocenters. The molecular formula is C19H18F3N5O3. The van der Waals surface area contributed by atoms with Crippen molar-refractivity contribution in [2.45, 2.75) is 26.1 Å². The molecule has 2 aromatic rings. The fourth-order valence-corrected chi connectivity index (χ4v) is 3.00. The van der Waals surface area contributed by atoms with E-state index in [1.54, 1.807) is 6.92 Å². The van der Waals surface area contributed by atoms with Crippen LogP contribution in [0, 0.1) is 0 Å². The van der Waals surface area contributed by atoms with Crippen molar-refractivity contribution in [3.8, 4) is 0 Å². The number of nitrogens with two attached hydrogens (primary N) is 1. The first kappa shape index (κ1) is 21.1. The summed E-state index contributed by atoms with van der Waals surface area (Å²) in [5.74, 6) is -1.94. The number of halogens is 3. The Balaban J connectivity index is 1.75. The number of carbonyl (C=O) groups is 3. The molecule has 2 amide bonds. The van der Waals surface area contributed by atoms with E-state index in [-0.39, 0.29) is 30.3 Å². The summed E-state index contributed by atoms with van der Waals surface area (Å²) in [5.41, 5.74) is 5.16. The van der Waals surface area contributed by atoms with Gasteiger partial charge in [-0.1, -0.05) is 12.1 Å². The molecule has 1 aromatic carbocycles. The zero-order chi connectivity index (χ0) is 22.1. The minimum Gasteiger partial charge on any atom is -0.383 e. The Bertz CT molecular complexity index is 1040. The van der Waals surface area contributed by atoms with Crippen LogP contribution in [0.5, 0.6) is 0 Å². The van der Waals surface area contributed by atoms with Crippen molar-refractivity contribution in [3.05, 3.63) is 64.9 Å². The van der Waals surface area contributed by atoms with Crippen molar-refractivity contribution in [2.75, 3.05) is 6.54 Å². The fourth-order valence-electron chi connectivity index (χ4n) is 3.00. The van der Waals surface area contributed by atoms with Crippen LogP contribution in [0.15, 0.2) is 48.0 Å². The first-order valence-corrected chi connectivity index (χ1v) is 8.94. The molecule has 3 rings (SSSR count). The number of alkyl halides is 3. The van der Waals surface area contributed by atoms with Gasteiger partial charge in [-0.2, -0.15) is 18.3 Å². The van der Waals surface area contributed by atoms with Crippen molar-refractivity contribution >= 4 is 17.6 Å². The maximum Gasteiger partial charge on any atom is 0.416 e. The third kappa shape index (κ3) is 4.34. The highest BCUT2D eigenvalue weighted by atomic mass is 19.4. The van der Waals surface area contributed by atoms with E-state index in [0.29, 0.717) is 5.56 Å². The molecule has 11 heteroatoms. The Morgan fingerprint density at radius 1 is 1.27 bits per heavy atom. The molecule has 0 bridgehead atoms. The standard InChI is InChI=1S/C19H18F3N5O3/c1-2-27-15(29)9-14(28)16(17(27)23)24-18(30)13-6-7-26(25-13)10-11-4-3-5-12(8-11)19(20,21)22/h3-8H,2,9-10,23H2,1H3,(H,24,30). The van der Waals surface area contributed by atoms with Gasteiger partial charge in [-0.15, -0.1) is 0 Å². The first-order valence-electron chi connectivity index (χ1n) is 8.94. The number of hydrogen-bond donors (Lipinski definition) is 2. The highest BCUT2D eigenvalue weighted by Crippen LogP contribution is 2.29. The lowest BCUT2D eigenvalue weighted by Gasteiger charge is -2.27. The van der Waals surface area contributed by atoms with E-state index >= 15 is 0 Å². The summed E-state index contributed by atoms with van der Waals surface area (Å²) >= 11 is 0. The van der Waals surface area contributed by atoms with E-state index in [1.807, 2.05) is 0 Å². The monoisotopic (exact) mass is 421 g/mol. The van der Waals surface area contributed by atoms with Crippen molar-refractivity contribution in [1.82, 2.24) is 20.0 Å². The van der Waals surface area contributed by atoms with Crippen LogP contribution in [-0.2, 0) is 22.3 Å². The summed E-state index contributed by atoms with van der Waals surface area (Å²) in [6, 6.07) is 6.13. The van der Waals surface area contributed by atoms with E-state index in [2.05, 4.69) is 10.4 Å². The van der Waals surface area contributed by atoms with Crippen molar-refractivity contribution in [3.63, 3.8) is 0 Å². The van der Waals surface area contributed by atoms with Gasteiger partial charge in [-0.25, -0.2) is 0 Å². The fraction of sp³-hybridized carbons (Fsp3) is 0.263. The van der Waals surface area contributed by atoms with Crippen LogP contribution < -0.4 is 11.1 Å². The molecule has 1 aromatic heterocycles. The highest BCUT2D eigenvalue weighted by molar-refractivity contribution is 6.12. The SMILES string of the molecule is CCN1C(=O)CC(=O)C(NC(=O)c2ccn(Cc3cccc(C(F)(F)F)c3)n2)=C1N. The van der Waals surface area contributed by atoms with Crippen LogP contribution in [0.1, 0.15) is 35.0 Å². The number of nitrogens with one attached hydrogen (secondary N) is 1. The zero-order valence-corrected chi connectivity index (χ0v) is 15.9. The molecule has 30 heavy (non-hydrogen) atoms. The number of benzene rings is 1. The molecule has 0 saturated carbocycles. The summed E-state index contributed by atoms with van der Waals surface area (Å²) < 4.78 is 39.8. The molecule has 0 atom stereocenters. The molecule has 0 saturated heterocycles. The predicted molar refractivity (Wildman–Crippen MR) is 98.5 cm³/mol. The minimum absolute atomic E-state index is 0.0130. The van der Waals surface area contributed by atoms with Crippen LogP contribution in [-0.4, -0.2) is 38.8 Å². The van der Waals surface area contributed by atoms with Crippen LogP contribution in [0.3, 0.4) is 0 Å². The number of Topliss-reactive ketones (excluding diaryl/α,β-unsaturated/α-hetero) is 1. The second-order valence-electron chi connectivity index (χ2n) is 6.55. The quantitative estimate of drug-likeness (QED) is 0.713. The van der Waals surface area contributed by atoms with E-state index in [9.17, 15) is 27.6 Å².